The zero-order valence-corrected chi connectivity index (χ0v) is 10.3. The number of halogens is 1. The predicted octanol–water partition coefficient (Wildman–Crippen LogP) is 2.44. The van der Waals surface area contributed by atoms with Crippen molar-refractivity contribution in [2.24, 2.45) is 11.7 Å². The molecule has 2 rings (SSSR count). The number of pyridine rings is 1. The maximum atomic E-state index is 11.2. The summed E-state index contributed by atoms with van der Waals surface area (Å²) in [6.07, 6.45) is 6.51. The monoisotopic (exact) mass is 253 g/mol. The molecule has 0 aromatic carbocycles. The highest BCUT2D eigenvalue weighted by atomic mass is 35.5. The average Bonchev–Trinajstić information content (AvgIpc) is 2.78. The zero-order chi connectivity index (χ0) is 12.3. The van der Waals surface area contributed by atoms with E-state index in [2.05, 4.69) is 10.3 Å². The Labute approximate surface area is 106 Å². The molecule has 1 aliphatic carbocycles. The van der Waals surface area contributed by atoms with E-state index in [1.807, 2.05) is 0 Å². The number of aromatic nitrogens is 1. The topological polar surface area (TPSA) is 68.0 Å². The maximum absolute atomic E-state index is 11.2. The van der Waals surface area contributed by atoms with Crippen LogP contribution in [-0.4, -0.2) is 17.4 Å². The number of primary amides is 1. The second-order valence-electron chi connectivity index (χ2n) is 4.45. The Balaban J connectivity index is 2.07. The summed E-state index contributed by atoms with van der Waals surface area (Å²) in [6.45, 7) is 0.862. The van der Waals surface area contributed by atoms with Crippen LogP contribution in [0, 0.1) is 5.92 Å². The SMILES string of the molecule is NC(=O)c1cnc(Cl)cc1NCC1CCCC1. The van der Waals surface area contributed by atoms with E-state index in [9.17, 15) is 4.79 Å². The number of nitrogens with two attached hydrogens (primary N) is 1. The minimum Gasteiger partial charge on any atom is -0.384 e. The number of nitrogens with zero attached hydrogens (tertiary/aromatic N) is 1. The molecule has 0 spiro atoms. The molecule has 3 N–H and O–H groups in total. The van der Waals surface area contributed by atoms with Gasteiger partial charge < -0.3 is 11.1 Å². The minimum atomic E-state index is -0.483. The largest absolute Gasteiger partial charge is 0.384 e. The van der Waals surface area contributed by atoms with E-state index >= 15 is 0 Å². The first-order valence-corrected chi connectivity index (χ1v) is 6.24. The van der Waals surface area contributed by atoms with Gasteiger partial charge in [-0.15, -0.1) is 0 Å². The second kappa shape index (κ2) is 5.36. The van der Waals surface area contributed by atoms with E-state index in [-0.39, 0.29) is 0 Å². The van der Waals surface area contributed by atoms with Crippen molar-refractivity contribution in [3.63, 3.8) is 0 Å². The van der Waals surface area contributed by atoms with Gasteiger partial charge in [0, 0.05) is 12.7 Å². The number of hydrogen-bond donors (Lipinski definition) is 2. The van der Waals surface area contributed by atoms with Gasteiger partial charge >= 0.3 is 0 Å². The Bertz CT molecular complexity index is 416. The summed E-state index contributed by atoms with van der Waals surface area (Å²) < 4.78 is 0. The quantitative estimate of drug-likeness (QED) is 0.810. The molecule has 0 saturated heterocycles. The number of carbonyl (C=O) groups excluding carboxylic acids is 1. The van der Waals surface area contributed by atoms with E-state index in [4.69, 9.17) is 17.3 Å². The van der Waals surface area contributed by atoms with Gasteiger partial charge in [-0.2, -0.15) is 0 Å². The van der Waals surface area contributed by atoms with Crippen LogP contribution in [0.15, 0.2) is 12.3 Å². The van der Waals surface area contributed by atoms with Gasteiger partial charge in [0.25, 0.3) is 5.91 Å². The van der Waals surface area contributed by atoms with E-state index in [1.54, 1.807) is 6.07 Å². The lowest BCUT2D eigenvalue weighted by atomic mass is 10.1. The Morgan fingerprint density at radius 2 is 2.24 bits per heavy atom. The number of amides is 1. The van der Waals surface area contributed by atoms with Crippen molar-refractivity contribution < 1.29 is 4.79 Å². The lowest BCUT2D eigenvalue weighted by Gasteiger charge is -2.13. The molecule has 92 valence electrons. The molecule has 0 unspecified atom stereocenters. The third kappa shape index (κ3) is 3.09. The highest BCUT2D eigenvalue weighted by Crippen LogP contribution is 2.26. The van der Waals surface area contributed by atoms with Gasteiger partial charge in [-0.25, -0.2) is 4.98 Å². The normalized spacial score (nSPS) is 16.1. The van der Waals surface area contributed by atoms with Crippen LogP contribution in [0.1, 0.15) is 36.0 Å². The summed E-state index contributed by atoms with van der Waals surface area (Å²) in [5.41, 5.74) is 6.37. The molecule has 4 nitrogen and oxygen atoms in total. The van der Waals surface area contributed by atoms with Gasteiger partial charge in [0.05, 0.1) is 11.3 Å². The number of carbonyl (C=O) groups is 1. The molecule has 1 fully saturated rings. The van der Waals surface area contributed by atoms with Gasteiger partial charge in [0.2, 0.25) is 0 Å². The smallest absolute Gasteiger partial charge is 0.252 e. The van der Waals surface area contributed by atoms with Crippen LogP contribution in [0.2, 0.25) is 5.15 Å². The first-order valence-electron chi connectivity index (χ1n) is 5.86. The molecule has 0 atom stereocenters. The minimum absolute atomic E-state index is 0.365. The Hall–Kier alpha value is -1.29. The van der Waals surface area contributed by atoms with Crippen LogP contribution >= 0.6 is 11.6 Å². The first kappa shape index (κ1) is 12.2. The van der Waals surface area contributed by atoms with Gasteiger partial charge in [0.15, 0.2) is 0 Å². The van der Waals surface area contributed by atoms with Crippen molar-refractivity contribution in [1.82, 2.24) is 4.98 Å². The lowest BCUT2D eigenvalue weighted by molar-refractivity contribution is 0.100. The second-order valence-corrected chi connectivity index (χ2v) is 4.84. The summed E-state index contributed by atoms with van der Waals surface area (Å²) in [5.74, 6) is 0.200. The Morgan fingerprint density at radius 1 is 1.53 bits per heavy atom. The van der Waals surface area contributed by atoms with Crippen molar-refractivity contribution in [2.75, 3.05) is 11.9 Å². The summed E-state index contributed by atoms with van der Waals surface area (Å²) in [7, 11) is 0. The van der Waals surface area contributed by atoms with Gasteiger partial charge in [-0.1, -0.05) is 24.4 Å². The van der Waals surface area contributed by atoms with Crippen molar-refractivity contribution in [2.45, 2.75) is 25.7 Å². The zero-order valence-electron chi connectivity index (χ0n) is 9.58. The maximum Gasteiger partial charge on any atom is 0.252 e. The molecule has 1 saturated carbocycles. The summed E-state index contributed by atoms with van der Waals surface area (Å²) >= 11 is 5.81. The number of rotatable bonds is 4. The third-order valence-electron chi connectivity index (χ3n) is 3.19. The van der Waals surface area contributed by atoms with Gasteiger partial charge in [-0.05, 0) is 24.8 Å². The van der Waals surface area contributed by atoms with Gasteiger partial charge in [-0.3, -0.25) is 4.79 Å². The van der Waals surface area contributed by atoms with Gasteiger partial charge in [0.1, 0.15) is 5.15 Å². The molecule has 1 aliphatic rings. The third-order valence-corrected chi connectivity index (χ3v) is 3.40. The van der Waals surface area contributed by atoms with Crippen molar-refractivity contribution in [3.05, 3.63) is 23.0 Å². The Kier molecular flexibility index (Phi) is 3.84. The molecule has 1 amide bonds. The van der Waals surface area contributed by atoms with Crippen LogP contribution in [0.5, 0.6) is 0 Å². The number of hydrogen-bond acceptors (Lipinski definition) is 3. The van der Waals surface area contributed by atoms with Crippen molar-refractivity contribution in [1.29, 1.82) is 0 Å². The molecule has 1 aromatic rings. The molecule has 1 heterocycles. The molecule has 5 heteroatoms. The number of anilines is 1. The predicted molar refractivity (Wildman–Crippen MR) is 68.2 cm³/mol. The molecule has 1 aromatic heterocycles. The highest BCUT2D eigenvalue weighted by Gasteiger charge is 2.16. The van der Waals surface area contributed by atoms with Crippen molar-refractivity contribution in [3.8, 4) is 0 Å². The van der Waals surface area contributed by atoms with Crippen molar-refractivity contribution >= 4 is 23.2 Å². The molecule has 17 heavy (non-hydrogen) atoms. The standard InChI is InChI=1S/C12H16ClN3O/c13-11-5-10(9(7-16-11)12(14)17)15-6-8-3-1-2-4-8/h5,7-8H,1-4,6H2,(H2,14,17)(H,15,16). The van der Waals surface area contributed by atoms with E-state index in [0.717, 1.165) is 6.54 Å². The summed E-state index contributed by atoms with van der Waals surface area (Å²) in [6, 6.07) is 1.65. The summed E-state index contributed by atoms with van der Waals surface area (Å²) in [5, 5.41) is 3.62. The molecular weight excluding hydrogens is 238 g/mol. The lowest BCUT2D eigenvalue weighted by Crippen LogP contribution is -2.17. The van der Waals surface area contributed by atoms with Crippen LogP contribution in [0.3, 0.4) is 0 Å². The molecule has 0 bridgehead atoms. The fourth-order valence-corrected chi connectivity index (χ4v) is 2.40. The fourth-order valence-electron chi connectivity index (χ4n) is 2.24. The fraction of sp³-hybridized carbons (Fsp3) is 0.500. The molecular formula is C12H16ClN3O. The molecule has 0 radical (unpaired) electrons. The van der Waals surface area contributed by atoms with Crippen LogP contribution in [0.25, 0.3) is 0 Å². The Morgan fingerprint density at radius 3 is 2.88 bits per heavy atom. The molecule has 0 aliphatic heterocycles. The highest BCUT2D eigenvalue weighted by molar-refractivity contribution is 6.29. The van der Waals surface area contributed by atoms with E-state index in [1.165, 1.54) is 31.9 Å². The first-order chi connectivity index (χ1) is 8.16. The van der Waals surface area contributed by atoms with Crippen LogP contribution in [-0.2, 0) is 0 Å². The summed E-state index contributed by atoms with van der Waals surface area (Å²) in [4.78, 5) is 15.1. The van der Waals surface area contributed by atoms with Crippen LogP contribution in [0.4, 0.5) is 5.69 Å². The van der Waals surface area contributed by atoms with Crippen LogP contribution < -0.4 is 11.1 Å². The number of nitrogens with one attached hydrogen (secondary N) is 1. The average molecular weight is 254 g/mol. The van der Waals surface area contributed by atoms with E-state index < -0.39 is 5.91 Å². The van der Waals surface area contributed by atoms with E-state index in [0.29, 0.717) is 22.3 Å².